The van der Waals surface area contributed by atoms with E-state index < -0.39 is 259 Å². The predicted octanol–water partition coefficient (Wildman–Crippen LogP) is 4.45. The van der Waals surface area contributed by atoms with Crippen LogP contribution in [-0.4, -0.2) is 227 Å². The number of carbonyl (C=O) groups excluding carboxylic acids is 15. The minimum absolute atomic E-state index is 0. The molecule has 2 aromatic heterocycles. The van der Waals surface area contributed by atoms with Crippen molar-refractivity contribution in [1.29, 1.82) is 0 Å². The maximum atomic E-state index is 15.7. The number of amides is 11. The van der Waals surface area contributed by atoms with Gasteiger partial charge in [0.15, 0.2) is 5.78 Å². The Kier molecular flexibility index (Phi) is 41.2. The van der Waals surface area contributed by atoms with Crippen LogP contribution in [0.1, 0.15) is 183 Å². The normalized spacial score (nSPS) is 22.1. The number of para-hydroxylation sites is 1. The van der Waals surface area contributed by atoms with Crippen molar-refractivity contribution in [2.75, 3.05) is 13.2 Å². The Morgan fingerprint density at radius 3 is 1.80 bits per heavy atom. The van der Waals surface area contributed by atoms with Gasteiger partial charge >= 0.3 is 17.9 Å². The van der Waals surface area contributed by atoms with Gasteiger partial charge < -0.3 is 109 Å². The maximum absolute atomic E-state index is 15.7. The van der Waals surface area contributed by atoms with Gasteiger partial charge in [-0.25, -0.2) is 14.6 Å². The van der Waals surface area contributed by atoms with Gasteiger partial charge in [-0.05, 0) is 122 Å². The summed E-state index contributed by atoms with van der Waals surface area (Å²) in [5.41, 5.74) is 5.04. The van der Waals surface area contributed by atoms with Crippen LogP contribution in [0.4, 0.5) is 0 Å². The molecule has 19 N–H and O–H groups in total. The van der Waals surface area contributed by atoms with Crippen LogP contribution in [0.15, 0.2) is 188 Å². The molecule has 39 heteroatoms. The van der Waals surface area contributed by atoms with E-state index in [0.717, 1.165) is 0 Å². The second-order valence-electron chi connectivity index (χ2n) is 38.4. The van der Waals surface area contributed by atoms with Gasteiger partial charge in [-0.2, -0.15) is 0 Å². The zero-order valence-electron chi connectivity index (χ0n) is 80.9. The van der Waals surface area contributed by atoms with E-state index in [1.807, 2.05) is 27.7 Å². The van der Waals surface area contributed by atoms with Crippen LogP contribution < -0.4 is 59.3 Å². The number of nitrogens with one attached hydrogen (secondary N) is 11. The first-order valence-corrected chi connectivity index (χ1v) is 46.9. The molecule has 1 saturated heterocycles. The molecule has 11 amide bonds. The van der Waals surface area contributed by atoms with E-state index in [4.69, 9.17) is 30.4 Å². The molecule has 3 fully saturated rings. The molecular weight excluding hydrogens is 2240 g/mol. The van der Waals surface area contributed by atoms with Crippen LogP contribution in [0.5, 0.6) is 0 Å². The van der Waals surface area contributed by atoms with Crippen molar-refractivity contribution in [3.63, 3.8) is 0 Å². The number of benzene rings is 5. The number of hydrogen-bond donors (Lipinski definition) is 17. The Morgan fingerprint density at radius 2 is 1.19 bits per heavy atom. The van der Waals surface area contributed by atoms with Crippen LogP contribution >= 0.6 is 0 Å². The number of esters is 3. The minimum atomic E-state index is -2.55. The average molecular weight is 2370 g/mol. The number of carbonyl (C=O) groups is 15. The summed E-state index contributed by atoms with van der Waals surface area (Å²) in [5.74, 6) is -16.2. The molecule has 3 heterocycles. The number of nitrogens with zero attached hydrogens (tertiary/aromatic N) is 1. The Morgan fingerprint density at radius 1 is 0.610 bits per heavy atom. The van der Waals surface area contributed by atoms with Crippen molar-refractivity contribution in [1.82, 2.24) is 62.8 Å². The summed E-state index contributed by atoms with van der Waals surface area (Å²) in [6.45, 7) is 17.0. The molecule has 750 valence electrons. The number of hydrogen-bond acceptors (Lipinski definition) is 24. The van der Waals surface area contributed by atoms with Gasteiger partial charge in [-0.3, -0.25) is 62.3 Å². The molecule has 5 aromatic carbocycles. The number of primary amides is 2. The number of aliphatic hydroxyl groups is 4. The van der Waals surface area contributed by atoms with E-state index >= 15 is 19.2 Å². The standard InChI is InChI=1S/C102H128N14O23.2Ac/c1-55(2)43-64(89(104)124)39-40-66(44-56(3)4)110-94(129)73(47-67-51-105-54-108-67)112-79(120)52-107-96(131)82(57(5)6)115-90(125)59(8)109-93(128)72(46-65-50-106-69-36-25-24-35-68(65)69)114-92(127)70(41-42-77(103)118)113-95(130)71(45-60-27-16-12-17-28-60)111-78(119)37-26-38-80(121)138-85(83(61-29-18-13-19-30-61)116-91(126)62-31-20-14-21-32-62)98(133)137-74-49-102(135)88(139-97(132)63-33-22-15-23-34-63)86-100(11,75(117)48-76-101(86,134)53-136-76)87(123)84(122)81(58(74)7)99(102,9)10;;/h12-25,27-36,39-40,50-51,54-57,59,64,66,70-76,82-86,88,106,117,122,134-135H,26,37-38,41-49,52-53H2,1-11H3,(H2,103,118)(H2,104,124)(H,105,108)(H,107,131)(H,109,128)(H,110,129)(H,111,119)(H,112,120)(H,113,130)(H,114,127)(H,115,125)(H,116,126);;/b40-39+;;/t59-,64-,66+,70-,71+,72-,73-,74-,75-,76+,82-,83-,84+,85+,86-,88-,100+,101-,102+;;/m0../s1. The van der Waals surface area contributed by atoms with Crippen LogP contribution in [0.25, 0.3) is 10.9 Å². The number of aromatic nitrogens is 3. The summed E-state index contributed by atoms with van der Waals surface area (Å²) in [4.78, 5) is 226. The molecular formula is C102H128Ac2N14O23. The summed E-state index contributed by atoms with van der Waals surface area (Å²) in [7, 11) is 0. The second-order valence-corrected chi connectivity index (χ2v) is 38.4. The molecule has 2 saturated carbocycles. The topological polar surface area (TPSA) is 579 Å². The molecule has 19 atom stereocenters. The zero-order valence-corrected chi connectivity index (χ0v) is 90.4. The van der Waals surface area contributed by atoms with Crippen LogP contribution in [0.2, 0.25) is 0 Å². The number of H-pyrrole nitrogens is 2. The third kappa shape index (κ3) is 28.5. The largest absolute Gasteiger partial charge is 0.455 e. The molecule has 2 radical (unpaired) electrons. The second kappa shape index (κ2) is 51.0. The Hall–Kier alpha value is -10.7. The van der Waals surface area contributed by atoms with Crippen molar-refractivity contribution in [3.05, 3.63) is 221 Å². The molecule has 1 aliphatic heterocycles. The average Bonchev–Trinajstić information content (AvgIpc) is 0.816. The fraction of sp³-hybridized carbons (Fsp3) is 0.471. The Labute approximate surface area is 889 Å². The van der Waals surface area contributed by atoms with Crippen molar-refractivity contribution in [3.8, 4) is 0 Å². The first kappa shape index (κ1) is 114. The molecule has 7 aromatic rings. The van der Waals surface area contributed by atoms with Crippen molar-refractivity contribution in [2.24, 2.45) is 51.9 Å². The number of ketones is 1. The van der Waals surface area contributed by atoms with Crippen LogP contribution in [0, 0.1) is 129 Å². The summed E-state index contributed by atoms with van der Waals surface area (Å²) < 4.78 is 24.7. The van der Waals surface area contributed by atoms with Gasteiger partial charge in [0, 0.05) is 186 Å². The smallest absolute Gasteiger partial charge is 0.350 e. The van der Waals surface area contributed by atoms with E-state index in [1.54, 1.807) is 148 Å². The number of aromatic amines is 2. The number of rotatable bonds is 45. The van der Waals surface area contributed by atoms with Gasteiger partial charge in [0.2, 0.25) is 65.2 Å². The molecule has 11 rings (SSSR count). The molecule has 4 aliphatic rings. The van der Waals surface area contributed by atoms with Gasteiger partial charge in [-0.15, -0.1) is 0 Å². The van der Waals surface area contributed by atoms with E-state index in [9.17, 15) is 73.2 Å². The summed E-state index contributed by atoms with van der Waals surface area (Å²) in [6, 6.07) is 27.8. The maximum Gasteiger partial charge on any atom is 0.350 e. The molecule has 0 spiro atoms. The fourth-order valence-corrected chi connectivity index (χ4v) is 19.0. The van der Waals surface area contributed by atoms with Crippen LogP contribution in [-0.2, 0) is 101 Å². The van der Waals surface area contributed by atoms with Gasteiger partial charge in [0.1, 0.15) is 71.8 Å². The molecule has 2 bridgehead atoms. The number of fused-ring (bicyclic) bond motifs is 6. The number of ether oxygens (including phenoxy) is 4. The van der Waals surface area contributed by atoms with Crippen molar-refractivity contribution in [2.45, 2.75) is 249 Å². The third-order valence-electron chi connectivity index (χ3n) is 26.7. The first-order chi connectivity index (χ1) is 65.9. The van der Waals surface area contributed by atoms with Crippen molar-refractivity contribution < 1.29 is 199 Å². The van der Waals surface area contributed by atoms with Gasteiger partial charge in [0.05, 0.1) is 54.3 Å². The summed E-state index contributed by atoms with van der Waals surface area (Å²) in [5, 5.41) is 76.3. The Balaban J connectivity index is 0.0000111. The summed E-state index contributed by atoms with van der Waals surface area (Å²) in [6.07, 6.45) is -5.88. The number of aliphatic hydroxyl groups excluding tert-OH is 2. The first-order valence-electron chi connectivity index (χ1n) is 46.9. The SMILES string of the molecule is CC1=C2[C@@H](O)C(=O)[C@@]3(C)[C@H]([C@H](OC(=O)c4ccccc4)[C@](O)(C[C@@H]1OC(=O)[C@H](OC(=O)CCCC(=O)N[C@H](Cc1ccccc1)C(=O)N[C@@H](CCC(N)=O)C(=O)N[C@@H](Cc1c[nH]c4ccccc14)C(=O)N[C@@H](C)C(=O)N[C@H](C(=O)NCC(=O)N[C@@H](Cc1c[nH]cn1)C(=O)N[C@H](/C=C/[C@@H](CC(C)C)C(N)=O)CC(C)C)C(C)C)[C@@H](NC(=O)c1ccccc1)c1ccccc1)C2(C)C)[C@]1(O)CO[C@@H]1C[C@@H]3O.[Ac].[Ac]. The Bertz CT molecular complexity index is 5650. The van der Waals surface area contributed by atoms with E-state index in [0.29, 0.717) is 40.6 Å². The number of nitrogens with two attached hydrogens (primary N) is 2. The van der Waals surface area contributed by atoms with Gasteiger partial charge in [-0.1, -0.05) is 183 Å². The van der Waals surface area contributed by atoms with Crippen molar-refractivity contribution >= 4 is 99.6 Å². The molecule has 141 heavy (non-hydrogen) atoms. The van der Waals surface area contributed by atoms with E-state index in [1.165, 1.54) is 77.3 Å². The zero-order chi connectivity index (χ0) is 101. The minimum Gasteiger partial charge on any atom is -0.455 e. The molecule has 0 unspecified atom stereocenters. The predicted molar refractivity (Wildman–Crippen MR) is 507 cm³/mol. The number of Topliss-reactive ketones (excluding diaryl/α,β-unsaturated/α-hetero) is 1. The molecule has 37 nitrogen and oxygen atoms in total. The summed E-state index contributed by atoms with van der Waals surface area (Å²) >= 11 is 0. The quantitative estimate of drug-likeness (QED) is 0.0142. The van der Waals surface area contributed by atoms with Gasteiger partial charge in [0.25, 0.3) is 5.91 Å². The fourth-order valence-electron chi connectivity index (χ4n) is 19.0. The van der Waals surface area contributed by atoms with Crippen LogP contribution in [0.3, 0.4) is 0 Å². The number of imidazole rings is 1. The van der Waals surface area contributed by atoms with E-state index in [-0.39, 0.29) is 160 Å². The third-order valence-corrected chi connectivity index (χ3v) is 26.7. The molecule has 3 aliphatic carbocycles. The van der Waals surface area contributed by atoms with E-state index in [2.05, 4.69) is 62.8 Å². The monoisotopic (exact) mass is 2370 g/mol.